The van der Waals surface area contributed by atoms with Crippen LogP contribution in [0.25, 0.3) is 10.6 Å². The highest BCUT2D eigenvalue weighted by Crippen LogP contribution is 2.36. The van der Waals surface area contributed by atoms with Crippen LogP contribution >= 0.6 is 23.6 Å². The van der Waals surface area contributed by atoms with Crippen molar-refractivity contribution in [2.45, 2.75) is 25.9 Å². The summed E-state index contributed by atoms with van der Waals surface area (Å²) in [6, 6.07) is 0. The minimum absolute atomic E-state index is 0.414. The largest absolute Gasteiger partial charge is 0.443 e. The molecule has 0 atom stereocenters. The third kappa shape index (κ3) is 3.01. The molecule has 0 aromatic carbocycles. The highest BCUT2D eigenvalue weighted by atomic mass is 32.1. The Kier molecular flexibility index (Phi) is 4.00. The van der Waals surface area contributed by atoms with Crippen LogP contribution in [0.1, 0.15) is 23.9 Å². The van der Waals surface area contributed by atoms with Gasteiger partial charge in [0.1, 0.15) is 4.64 Å². The van der Waals surface area contributed by atoms with Crippen LogP contribution in [0.3, 0.4) is 0 Å². The van der Waals surface area contributed by atoms with E-state index in [9.17, 15) is 13.2 Å². The Bertz CT molecular complexity index is 631. The number of hydrogen-bond acceptors (Lipinski definition) is 4. The monoisotopic (exact) mass is 305 g/mol. The van der Waals surface area contributed by atoms with Crippen LogP contribution in [0.2, 0.25) is 0 Å². The van der Waals surface area contributed by atoms with Crippen LogP contribution in [-0.4, -0.2) is 15.0 Å². The summed E-state index contributed by atoms with van der Waals surface area (Å²) < 4.78 is 38.1. The van der Waals surface area contributed by atoms with Crippen molar-refractivity contribution >= 4 is 23.6 Å². The second kappa shape index (κ2) is 5.38. The van der Waals surface area contributed by atoms with Gasteiger partial charge in [-0.05, 0) is 6.42 Å². The Morgan fingerprint density at radius 1 is 1.37 bits per heavy atom. The van der Waals surface area contributed by atoms with Crippen molar-refractivity contribution in [1.29, 1.82) is 0 Å². The molecule has 0 bridgehead atoms. The zero-order valence-electron chi connectivity index (χ0n) is 9.91. The lowest BCUT2D eigenvalue weighted by Crippen LogP contribution is -2.02. The third-order valence-electron chi connectivity index (χ3n) is 2.45. The molecule has 0 saturated carbocycles. The molecule has 0 spiro atoms. The summed E-state index contributed by atoms with van der Waals surface area (Å²) in [4.78, 5) is 10.7. The fourth-order valence-corrected chi connectivity index (χ4v) is 2.73. The molecule has 0 radical (unpaired) electrons. The first-order chi connectivity index (χ1) is 8.93. The number of alkyl halides is 3. The van der Waals surface area contributed by atoms with Gasteiger partial charge < -0.3 is 4.98 Å². The fraction of sp³-hybridized carbons (Fsp3) is 0.364. The molecule has 19 heavy (non-hydrogen) atoms. The summed E-state index contributed by atoms with van der Waals surface area (Å²) in [5.41, 5.74) is 1.34. The number of H-pyrrole nitrogens is 1. The van der Waals surface area contributed by atoms with E-state index in [1.807, 2.05) is 6.92 Å². The summed E-state index contributed by atoms with van der Waals surface area (Å²) >= 11 is 5.72. The number of aromatic nitrogens is 3. The van der Waals surface area contributed by atoms with Crippen molar-refractivity contribution in [1.82, 2.24) is 15.0 Å². The molecule has 0 fully saturated rings. The maximum Gasteiger partial charge on any atom is 0.443 e. The number of nitrogens with one attached hydrogen (secondary N) is 1. The quantitative estimate of drug-likeness (QED) is 0.863. The molecular formula is C11H10F3N3S2. The van der Waals surface area contributed by atoms with Gasteiger partial charge in [-0.2, -0.15) is 13.2 Å². The van der Waals surface area contributed by atoms with Crippen LogP contribution in [0.4, 0.5) is 13.2 Å². The van der Waals surface area contributed by atoms with Crippen molar-refractivity contribution < 1.29 is 13.2 Å². The highest BCUT2D eigenvalue weighted by Gasteiger charge is 2.34. The Morgan fingerprint density at radius 3 is 2.68 bits per heavy atom. The maximum absolute atomic E-state index is 12.5. The summed E-state index contributed by atoms with van der Waals surface area (Å²) in [5, 5.41) is -0.860. The first-order valence-corrected chi connectivity index (χ1v) is 6.76. The molecule has 3 nitrogen and oxygen atoms in total. The van der Waals surface area contributed by atoms with Crippen LogP contribution in [0, 0.1) is 4.64 Å². The standard InChI is InChI=1S/C11H10F3N3S2/c1-2-3-6-8(16-5-17-9(6)18)7-4-15-10(19-7)11(12,13)14/h4-5H,2-3H2,1H3,(H,16,17,18). The number of thiazole rings is 1. The van der Waals surface area contributed by atoms with Gasteiger partial charge in [0.05, 0.1) is 16.9 Å². The third-order valence-corrected chi connectivity index (χ3v) is 3.86. The fourth-order valence-electron chi connectivity index (χ4n) is 1.65. The van der Waals surface area contributed by atoms with Gasteiger partial charge in [0.25, 0.3) is 0 Å². The summed E-state index contributed by atoms with van der Waals surface area (Å²) in [6.45, 7) is 1.97. The minimum atomic E-state index is -4.42. The number of aromatic amines is 1. The van der Waals surface area contributed by atoms with Crippen LogP contribution in [0.15, 0.2) is 12.5 Å². The number of rotatable bonds is 3. The predicted octanol–water partition coefficient (Wildman–Crippen LogP) is 4.23. The highest BCUT2D eigenvalue weighted by molar-refractivity contribution is 7.71. The Balaban J connectivity index is 2.50. The minimum Gasteiger partial charge on any atom is -0.345 e. The summed E-state index contributed by atoms with van der Waals surface area (Å²) in [7, 11) is 0. The Labute approximate surface area is 116 Å². The van der Waals surface area contributed by atoms with E-state index >= 15 is 0 Å². The van der Waals surface area contributed by atoms with E-state index in [4.69, 9.17) is 12.2 Å². The first kappa shape index (κ1) is 14.1. The van der Waals surface area contributed by atoms with Gasteiger partial charge in [-0.3, -0.25) is 0 Å². The van der Waals surface area contributed by atoms with Crippen LogP contribution < -0.4 is 0 Å². The van der Waals surface area contributed by atoms with E-state index in [1.165, 1.54) is 12.5 Å². The molecule has 1 N–H and O–H groups in total. The van der Waals surface area contributed by atoms with Gasteiger partial charge in [-0.25, -0.2) is 9.97 Å². The zero-order chi connectivity index (χ0) is 14.0. The van der Waals surface area contributed by atoms with Gasteiger partial charge in [-0.1, -0.05) is 25.6 Å². The van der Waals surface area contributed by atoms with Crippen molar-refractivity contribution in [3.63, 3.8) is 0 Å². The molecule has 0 amide bonds. The zero-order valence-corrected chi connectivity index (χ0v) is 11.5. The molecule has 0 aliphatic carbocycles. The van der Waals surface area contributed by atoms with E-state index in [0.29, 0.717) is 33.0 Å². The van der Waals surface area contributed by atoms with E-state index in [1.54, 1.807) is 0 Å². The molecule has 0 saturated heterocycles. The average molecular weight is 305 g/mol. The number of halogens is 3. The Morgan fingerprint density at radius 2 is 2.11 bits per heavy atom. The van der Waals surface area contributed by atoms with E-state index in [2.05, 4.69) is 15.0 Å². The van der Waals surface area contributed by atoms with Gasteiger partial charge >= 0.3 is 6.18 Å². The molecule has 2 aromatic rings. The van der Waals surface area contributed by atoms with Crippen LogP contribution in [-0.2, 0) is 12.6 Å². The Hall–Kier alpha value is -1.28. The smallest absolute Gasteiger partial charge is 0.345 e. The SMILES string of the molecule is CCCc1c(-c2cnc(C(F)(F)F)s2)[nH]cnc1=S. The average Bonchev–Trinajstić information content (AvgIpc) is 2.81. The molecule has 8 heteroatoms. The second-order valence-corrected chi connectivity index (χ2v) is 5.26. The van der Waals surface area contributed by atoms with Crippen molar-refractivity contribution in [2.24, 2.45) is 0 Å². The van der Waals surface area contributed by atoms with Crippen LogP contribution in [0.5, 0.6) is 0 Å². The predicted molar refractivity (Wildman–Crippen MR) is 69.5 cm³/mol. The van der Waals surface area contributed by atoms with E-state index in [0.717, 1.165) is 12.0 Å². The topological polar surface area (TPSA) is 41.6 Å². The molecule has 102 valence electrons. The molecule has 0 unspecified atom stereocenters. The van der Waals surface area contributed by atoms with E-state index < -0.39 is 11.2 Å². The molecule has 2 rings (SSSR count). The molecule has 0 aliphatic rings. The summed E-state index contributed by atoms with van der Waals surface area (Å²) in [6.07, 6.45) is -0.312. The number of hydrogen-bond donors (Lipinski definition) is 1. The lowest BCUT2D eigenvalue weighted by atomic mass is 10.1. The first-order valence-electron chi connectivity index (χ1n) is 5.53. The van der Waals surface area contributed by atoms with Gasteiger partial charge in [0, 0.05) is 11.8 Å². The summed E-state index contributed by atoms with van der Waals surface area (Å²) in [5.74, 6) is 0. The second-order valence-electron chi connectivity index (χ2n) is 3.84. The van der Waals surface area contributed by atoms with E-state index in [-0.39, 0.29) is 0 Å². The van der Waals surface area contributed by atoms with Crippen molar-refractivity contribution in [2.75, 3.05) is 0 Å². The molecular weight excluding hydrogens is 295 g/mol. The van der Waals surface area contributed by atoms with Crippen molar-refractivity contribution in [3.8, 4) is 10.6 Å². The lowest BCUT2D eigenvalue weighted by molar-refractivity contribution is -0.137. The molecule has 2 heterocycles. The lowest BCUT2D eigenvalue weighted by Gasteiger charge is -2.05. The maximum atomic E-state index is 12.5. The normalized spacial score (nSPS) is 11.8. The van der Waals surface area contributed by atoms with Gasteiger partial charge in [0.2, 0.25) is 0 Å². The molecule has 2 aromatic heterocycles. The van der Waals surface area contributed by atoms with Gasteiger partial charge in [-0.15, -0.1) is 11.3 Å². The molecule has 0 aliphatic heterocycles. The number of nitrogens with zero attached hydrogens (tertiary/aromatic N) is 2. The van der Waals surface area contributed by atoms with Crippen molar-refractivity contribution in [3.05, 3.63) is 27.7 Å². The van der Waals surface area contributed by atoms with Gasteiger partial charge in [0.15, 0.2) is 5.01 Å².